The predicted octanol–water partition coefficient (Wildman–Crippen LogP) is 3.74. The van der Waals surface area contributed by atoms with Gasteiger partial charge in [0.25, 0.3) is 0 Å². The summed E-state index contributed by atoms with van der Waals surface area (Å²) in [5.74, 6) is 1.18. The summed E-state index contributed by atoms with van der Waals surface area (Å²) in [6.07, 6.45) is 7.19. The van der Waals surface area contributed by atoms with Gasteiger partial charge in [0, 0.05) is 36.4 Å². The fourth-order valence-corrected chi connectivity index (χ4v) is 2.78. The van der Waals surface area contributed by atoms with E-state index in [9.17, 15) is 0 Å². The van der Waals surface area contributed by atoms with Gasteiger partial charge in [-0.2, -0.15) is 0 Å². The highest BCUT2D eigenvalue weighted by atomic mass is 15.2. The van der Waals surface area contributed by atoms with Gasteiger partial charge < -0.3 is 10.2 Å². The number of aromatic nitrogens is 1. The first-order valence-electron chi connectivity index (χ1n) is 7.93. The van der Waals surface area contributed by atoms with Crippen LogP contribution in [-0.2, 0) is 6.54 Å². The highest BCUT2D eigenvalue weighted by Crippen LogP contribution is 2.25. The van der Waals surface area contributed by atoms with E-state index in [1.807, 2.05) is 12.3 Å². The molecule has 0 bridgehead atoms. The summed E-state index contributed by atoms with van der Waals surface area (Å²) in [6, 6.07) is 4.85. The van der Waals surface area contributed by atoms with Crippen molar-refractivity contribution in [1.82, 2.24) is 10.3 Å². The van der Waals surface area contributed by atoms with Crippen LogP contribution in [0.5, 0.6) is 0 Å². The van der Waals surface area contributed by atoms with E-state index in [-0.39, 0.29) is 5.54 Å². The fourth-order valence-electron chi connectivity index (χ4n) is 2.78. The van der Waals surface area contributed by atoms with Crippen LogP contribution in [0.3, 0.4) is 0 Å². The third-order valence-corrected chi connectivity index (χ3v) is 4.00. The zero-order chi connectivity index (χ0) is 14.6. The molecule has 1 aliphatic heterocycles. The van der Waals surface area contributed by atoms with Gasteiger partial charge in [0.05, 0.1) is 0 Å². The van der Waals surface area contributed by atoms with Crippen LogP contribution in [-0.4, -0.2) is 23.1 Å². The number of hydrogen-bond acceptors (Lipinski definition) is 3. The number of rotatable bonds is 3. The molecule has 0 aromatic carbocycles. The van der Waals surface area contributed by atoms with E-state index in [1.54, 1.807) is 0 Å². The Morgan fingerprint density at radius 1 is 1.30 bits per heavy atom. The molecule has 0 aliphatic carbocycles. The molecule has 1 aliphatic rings. The Kier molecular flexibility index (Phi) is 5.03. The summed E-state index contributed by atoms with van der Waals surface area (Å²) in [5, 5.41) is 3.58. The minimum Gasteiger partial charge on any atom is -0.354 e. The molecule has 1 unspecified atom stereocenters. The molecule has 1 fully saturated rings. The Hall–Kier alpha value is -1.09. The van der Waals surface area contributed by atoms with Crippen LogP contribution in [0.4, 0.5) is 5.82 Å². The molecule has 1 atom stereocenters. The second-order valence-electron chi connectivity index (χ2n) is 6.98. The lowest BCUT2D eigenvalue weighted by Crippen LogP contribution is -2.37. The van der Waals surface area contributed by atoms with Crippen LogP contribution in [0.2, 0.25) is 0 Å². The summed E-state index contributed by atoms with van der Waals surface area (Å²) < 4.78 is 0. The number of nitrogens with zero attached hydrogens (tertiary/aromatic N) is 2. The second kappa shape index (κ2) is 6.57. The van der Waals surface area contributed by atoms with Crippen molar-refractivity contribution in [3.8, 4) is 0 Å². The highest BCUT2D eigenvalue weighted by molar-refractivity contribution is 5.47. The van der Waals surface area contributed by atoms with Crippen LogP contribution in [0.1, 0.15) is 58.9 Å². The number of nitrogens with one attached hydrogen (secondary N) is 1. The van der Waals surface area contributed by atoms with Gasteiger partial charge in [-0.15, -0.1) is 0 Å². The van der Waals surface area contributed by atoms with Gasteiger partial charge in [0.1, 0.15) is 5.82 Å². The van der Waals surface area contributed by atoms with E-state index >= 15 is 0 Å². The quantitative estimate of drug-likeness (QED) is 0.911. The summed E-state index contributed by atoms with van der Waals surface area (Å²) >= 11 is 0. The van der Waals surface area contributed by atoms with E-state index in [0.29, 0.717) is 6.04 Å². The number of hydrogen-bond donors (Lipinski definition) is 1. The van der Waals surface area contributed by atoms with Gasteiger partial charge >= 0.3 is 0 Å². The zero-order valence-corrected chi connectivity index (χ0v) is 13.4. The van der Waals surface area contributed by atoms with E-state index < -0.39 is 0 Å². The molecule has 2 rings (SSSR count). The van der Waals surface area contributed by atoms with E-state index in [2.05, 4.69) is 49.0 Å². The monoisotopic (exact) mass is 275 g/mol. The van der Waals surface area contributed by atoms with Crippen molar-refractivity contribution in [1.29, 1.82) is 0 Å². The maximum atomic E-state index is 4.68. The van der Waals surface area contributed by atoms with Crippen LogP contribution in [0.15, 0.2) is 18.3 Å². The van der Waals surface area contributed by atoms with Crippen molar-refractivity contribution in [2.45, 2.75) is 71.5 Å². The van der Waals surface area contributed by atoms with Crippen LogP contribution >= 0.6 is 0 Å². The normalized spacial score (nSPS) is 20.8. The van der Waals surface area contributed by atoms with Gasteiger partial charge in [0.15, 0.2) is 0 Å². The van der Waals surface area contributed by atoms with Crippen molar-refractivity contribution >= 4 is 5.82 Å². The zero-order valence-electron chi connectivity index (χ0n) is 13.4. The standard InChI is InChI=1S/C17H29N3/c1-14-9-6-5-7-12-20(14)16-15(10-8-11-18-16)13-19-17(2,3)4/h8,10-11,14,19H,5-7,9,12-13H2,1-4H3. The summed E-state index contributed by atoms with van der Waals surface area (Å²) in [7, 11) is 0. The van der Waals surface area contributed by atoms with Crippen molar-refractivity contribution in [2.24, 2.45) is 0 Å². The topological polar surface area (TPSA) is 28.2 Å². The molecule has 2 heterocycles. The van der Waals surface area contributed by atoms with Crippen molar-refractivity contribution in [2.75, 3.05) is 11.4 Å². The SMILES string of the molecule is CC1CCCCCN1c1ncccc1CNC(C)(C)C. The van der Waals surface area contributed by atoms with Gasteiger partial charge in [-0.3, -0.25) is 0 Å². The molecule has 112 valence electrons. The molecule has 1 saturated heterocycles. The third-order valence-electron chi connectivity index (χ3n) is 4.00. The molecule has 1 N–H and O–H groups in total. The average Bonchev–Trinajstić information content (AvgIpc) is 2.61. The Balaban J connectivity index is 2.17. The molecule has 3 nitrogen and oxygen atoms in total. The Bertz CT molecular complexity index is 422. The first-order valence-corrected chi connectivity index (χ1v) is 7.93. The molecule has 0 amide bonds. The van der Waals surface area contributed by atoms with Gasteiger partial charge in [-0.05, 0) is 46.6 Å². The lowest BCUT2D eigenvalue weighted by molar-refractivity contribution is 0.423. The largest absolute Gasteiger partial charge is 0.354 e. The van der Waals surface area contributed by atoms with Crippen LogP contribution in [0, 0.1) is 0 Å². The molecule has 0 radical (unpaired) electrons. The minimum absolute atomic E-state index is 0.136. The second-order valence-corrected chi connectivity index (χ2v) is 6.98. The Labute approximate surface area is 123 Å². The predicted molar refractivity (Wildman–Crippen MR) is 86.1 cm³/mol. The molecule has 0 saturated carbocycles. The molecule has 0 spiro atoms. The van der Waals surface area contributed by atoms with Crippen molar-refractivity contribution in [3.05, 3.63) is 23.9 Å². The molecule has 1 aromatic rings. The molecular weight excluding hydrogens is 246 g/mol. The van der Waals surface area contributed by atoms with E-state index in [1.165, 1.54) is 37.1 Å². The number of pyridine rings is 1. The minimum atomic E-state index is 0.136. The maximum Gasteiger partial charge on any atom is 0.133 e. The van der Waals surface area contributed by atoms with Gasteiger partial charge in [-0.25, -0.2) is 4.98 Å². The van der Waals surface area contributed by atoms with Crippen molar-refractivity contribution in [3.63, 3.8) is 0 Å². The fraction of sp³-hybridized carbons (Fsp3) is 0.706. The first kappa shape index (κ1) is 15.3. The molecular formula is C17H29N3. The molecule has 1 aromatic heterocycles. The molecule has 3 heteroatoms. The third kappa shape index (κ3) is 4.20. The summed E-state index contributed by atoms with van der Waals surface area (Å²) in [6.45, 7) is 11.0. The summed E-state index contributed by atoms with van der Waals surface area (Å²) in [5.41, 5.74) is 1.45. The highest BCUT2D eigenvalue weighted by Gasteiger charge is 2.21. The van der Waals surface area contributed by atoms with E-state index in [0.717, 1.165) is 13.1 Å². The van der Waals surface area contributed by atoms with Crippen LogP contribution in [0.25, 0.3) is 0 Å². The Morgan fingerprint density at radius 3 is 2.85 bits per heavy atom. The first-order chi connectivity index (χ1) is 9.47. The Morgan fingerprint density at radius 2 is 2.10 bits per heavy atom. The van der Waals surface area contributed by atoms with E-state index in [4.69, 9.17) is 0 Å². The molecule has 20 heavy (non-hydrogen) atoms. The summed E-state index contributed by atoms with van der Waals surface area (Å²) in [4.78, 5) is 7.19. The van der Waals surface area contributed by atoms with Crippen LogP contribution < -0.4 is 10.2 Å². The lowest BCUT2D eigenvalue weighted by Gasteiger charge is -2.31. The van der Waals surface area contributed by atoms with Gasteiger partial charge in [-0.1, -0.05) is 18.9 Å². The lowest BCUT2D eigenvalue weighted by atomic mass is 10.1. The number of anilines is 1. The maximum absolute atomic E-state index is 4.68. The van der Waals surface area contributed by atoms with Crippen molar-refractivity contribution < 1.29 is 0 Å². The smallest absolute Gasteiger partial charge is 0.133 e. The van der Waals surface area contributed by atoms with Gasteiger partial charge in [0.2, 0.25) is 0 Å². The average molecular weight is 275 g/mol.